The fraction of sp³-hybridized carbons (Fsp3) is 0. The Bertz CT molecular complexity index is 2560. The molecule has 0 atom stereocenters. The molecule has 0 bridgehead atoms. The highest BCUT2D eigenvalue weighted by Gasteiger charge is 2.18. The molecule has 0 amide bonds. The number of nitrogens with zero attached hydrogens (tertiary/aromatic N) is 1. The normalized spacial score (nSPS) is 11.8. The lowest BCUT2D eigenvalue weighted by molar-refractivity contribution is 1.06. The minimum absolute atomic E-state index is 0.0473. The van der Waals surface area contributed by atoms with Gasteiger partial charge in [0.2, 0.25) is 0 Å². The molecule has 0 aliphatic rings. The maximum atomic E-state index is 14.2. The van der Waals surface area contributed by atoms with Crippen molar-refractivity contribution in [1.82, 2.24) is 4.57 Å². The molecule has 7 aromatic carbocycles. The summed E-state index contributed by atoms with van der Waals surface area (Å²) in [7, 11) is 0. The molecule has 0 saturated carbocycles. The minimum atomic E-state index is -0.0473. The van der Waals surface area contributed by atoms with Gasteiger partial charge in [-0.3, -0.25) is 9.36 Å². The van der Waals surface area contributed by atoms with E-state index in [0.717, 1.165) is 38.7 Å². The second-order valence-electron chi connectivity index (χ2n) is 11.7. The van der Waals surface area contributed by atoms with Crippen LogP contribution in [0.25, 0.3) is 76.7 Å². The molecule has 0 aliphatic heterocycles. The van der Waals surface area contributed by atoms with Crippen LogP contribution in [0.5, 0.6) is 0 Å². The Hall–Kier alpha value is -6.25. The van der Waals surface area contributed by atoms with Gasteiger partial charge in [-0.05, 0) is 90.7 Å². The Morgan fingerprint density at radius 1 is 0.511 bits per heavy atom. The van der Waals surface area contributed by atoms with Crippen molar-refractivity contribution in [3.8, 4) is 27.9 Å². The molecule has 2 heteroatoms. The number of allylic oxidation sites excluding steroid dienone is 4. The van der Waals surface area contributed by atoms with E-state index in [1.54, 1.807) is 6.08 Å². The lowest BCUT2D eigenvalue weighted by Crippen LogP contribution is -2.19. The molecule has 1 aromatic heterocycles. The van der Waals surface area contributed by atoms with Gasteiger partial charge >= 0.3 is 0 Å². The van der Waals surface area contributed by atoms with Gasteiger partial charge in [-0.15, -0.1) is 0 Å². The summed E-state index contributed by atoms with van der Waals surface area (Å²) in [6, 6.07) is 50.6. The van der Waals surface area contributed by atoms with Gasteiger partial charge < -0.3 is 0 Å². The summed E-state index contributed by atoms with van der Waals surface area (Å²) in [6.45, 7) is 7.84. The van der Waals surface area contributed by atoms with E-state index in [1.807, 2.05) is 59.2 Å². The van der Waals surface area contributed by atoms with Crippen LogP contribution in [-0.4, -0.2) is 4.57 Å². The molecule has 222 valence electrons. The van der Waals surface area contributed by atoms with E-state index in [4.69, 9.17) is 0 Å². The van der Waals surface area contributed by atoms with Crippen molar-refractivity contribution < 1.29 is 0 Å². The van der Waals surface area contributed by atoms with Crippen molar-refractivity contribution in [3.63, 3.8) is 0 Å². The molecule has 2 nitrogen and oxygen atoms in total. The summed E-state index contributed by atoms with van der Waals surface area (Å²) in [5.41, 5.74) is 8.26. The summed E-state index contributed by atoms with van der Waals surface area (Å²) >= 11 is 0. The van der Waals surface area contributed by atoms with Crippen molar-refractivity contribution in [2.75, 3.05) is 0 Å². The van der Waals surface area contributed by atoms with Crippen LogP contribution in [0.4, 0.5) is 0 Å². The number of hydrogen-bond donors (Lipinski definition) is 0. The van der Waals surface area contributed by atoms with E-state index < -0.39 is 0 Å². The first-order valence-electron chi connectivity index (χ1n) is 15.8. The zero-order chi connectivity index (χ0) is 31.9. The van der Waals surface area contributed by atoms with Gasteiger partial charge in [0.1, 0.15) is 0 Å². The molecule has 0 unspecified atom stereocenters. The zero-order valence-electron chi connectivity index (χ0n) is 25.9. The zero-order valence-corrected chi connectivity index (χ0v) is 25.9. The molecule has 1 heterocycles. The van der Waals surface area contributed by atoms with Gasteiger partial charge in [-0.2, -0.15) is 0 Å². The number of benzene rings is 7. The fourth-order valence-electron chi connectivity index (χ4n) is 7.08. The number of hydrogen-bond acceptors (Lipinski definition) is 1. The van der Waals surface area contributed by atoms with Crippen molar-refractivity contribution in [1.29, 1.82) is 0 Å². The second-order valence-corrected chi connectivity index (χ2v) is 11.7. The molecule has 8 aromatic rings. The lowest BCUT2D eigenvalue weighted by atomic mass is 9.85. The van der Waals surface area contributed by atoms with Gasteiger partial charge in [0, 0.05) is 16.5 Å². The van der Waals surface area contributed by atoms with Crippen LogP contribution in [0.15, 0.2) is 182 Å². The predicted molar refractivity (Wildman–Crippen MR) is 201 cm³/mol. The van der Waals surface area contributed by atoms with Crippen LogP contribution in [0.2, 0.25) is 0 Å². The van der Waals surface area contributed by atoms with Crippen LogP contribution in [0, 0.1) is 0 Å². The maximum Gasteiger partial charge on any atom is 0.263 e. The first kappa shape index (κ1) is 28.2. The molecule has 0 radical (unpaired) electrons. The molecule has 0 N–H and O–H groups in total. The van der Waals surface area contributed by atoms with Crippen molar-refractivity contribution in [2.45, 2.75) is 0 Å². The molecule has 8 rings (SSSR count). The molecule has 47 heavy (non-hydrogen) atoms. The van der Waals surface area contributed by atoms with Crippen molar-refractivity contribution in [2.24, 2.45) is 0 Å². The van der Waals surface area contributed by atoms with Crippen LogP contribution >= 0.6 is 0 Å². The lowest BCUT2D eigenvalue weighted by Gasteiger charge is -2.19. The van der Waals surface area contributed by atoms with E-state index in [9.17, 15) is 4.79 Å². The first-order valence-corrected chi connectivity index (χ1v) is 15.8. The van der Waals surface area contributed by atoms with Crippen molar-refractivity contribution >= 4 is 48.8 Å². The first-order chi connectivity index (χ1) is 23.2. The minimum Gasteiger partial charge on any atom is -0.276 e. The summed E-state index contributed by atoms with van der Waals surface area (Å²) in [5.74, 6) is 0. The highest BCUT2D eigenvalue weighted by atomic mass is 16.1. The summed E-state index contributed by atoms with van der Waals surface area (Å²) in [4.78, 5) is 14.2. The quantitative estimate of drug-likeness (QED) is 0.106. The molecule has 0 spiro atoms. The van der Waals surface area contributed by atoms with Gasteiger partial charge in [-0.1, -0.05) is 147 Å². The average Bonchev–Trinajstić information content (AvgIpc) is 3.13. The second kappa shape index (κ2) is 11.6. The third kappa shape index (κ3) is 4.62. The number of rotatable bonds is 6. The molecular formula is C45H31NO. The average molecular weight is 602 g/mol. The van der Waals surface area contributed by atoms with Gasteiger partial charge in [0.25, 0.3) is 5.56 Å². The van der Waals surface area contributed by atoms with Gasteiger partial charge in [-0.25, -0.2) is 0 Å². The smallest absolute Gasteiger partial charge is 0.263 e. The largest absolute Gasteiger partial charge is 0.276 e. The van der Waals surface area contributed by atoms with E-state index in [1.165, 1.54) is 38.2 Å². The topological polar surface area (TPSA) is 22.0 Å². The molecular weight excluding hydrogens is 571 g/mol. The Morgan fingerprint density at radius 3 is 1.70 bits per heavy atom. The predicted octanol–water partition coefficient (Wildman–Crippen LogP) is 11.5. The van der Waals surface area contributed by atoms with E-state index >= 15 is 0 Å². The van der Waals surface area contributed by atoms with Crippen LogP contribution in [0.1, 0.15) is 5.56 Å². The van der Waals surface area contributed by atoms with E-state index in [-0.39, 0.29) is 5.56 Å². The van der Waals surface area contributed by atoms with Crippen LogP contribution in [0.3, 0.4) is 0 Å². The highest BCUT2D eigenvalue weighted by molar-refractivity contribution is 6.22. The van der Waals surface area contributed by atoms with E-state index in [2.05, 4.69) is 116 Å². The van der Waals surface area contributed by atoms with Crippen LogP contribution < -0.4 is 5.56 Å². The number of aromatic nitrogens is 1. The summed E-state index contributed by atoms with van der Waals surface area (Å²) in [5, 5.41) is 7.46. The third-order valence-electron chi connectivity index (χ3n) is 9.13. The monoisotopic (exact) mass is 601 g/mol. The number of pyridine rings is 1. The molecule has 0 saturated heterocycles. The summed E-state index contributed by atoms with van der Waals surface area (Å²) in [6.07, 6.45) is 5.49. The SMILES string of the molecule is C=C/C=C(\C=C)c1cccc(-n2c(=O)c3ccccc3c3cc(-c4c5ccccc5c(-c5ccccc5)c5ccccc45)ccc32)c1. The molecule has 0 aliphatic carbocycles. The van der Waals surface area contributed by atoms with Gasteiger partial charge in [0.05, 0.1) is 5.52 Å². The Kier molecular flexibility index (Phi) is 6.97. The van der Waals surface area contributed by atoms with E-state index in [0.29, 0.717) is 5.39 Å². The maximum absolute atomic E-state index is 14.2. The number of fused-ring (bicyclic) bond motifs is 5. The Morgan fingerprint density at radius 2 is 1.09 bits per heavy atom. The standard InChI is InChI=1S/C45H31NO/c1-3-15-30(4-2)32-18-14-19-34(28-32)46-42-27-26-33(29-41(42)35-20-8-13-25-40(35)45(46)47)44-38-23-11-9-21-36(38)43(31-16-6-5-7-17-31)37-22-10-12-24-39(37)44/h3-29H,1-2H2/b30-15+. The fourth-order valence-corrected chi connectivity index (χ4v) is 7.08. The molecule has 0 fully saturated rings. The van der Waals surface area contributed by atoms with Gasteiger partial charge in [0.15, 0.2) is 0 Å². The van der Waals surface area contributed by atoms with Crippen LogP contribution in [-0.2, 0) is 0 Å². The Balaban J connectivity index is 1.45. The third-order valence-corrected chi connectivity index (χ3v) is 9.13. The Labute approximate surface area is 273 Å². The van der Waals surface area contributed by atoms with Crippen molar-refractivity contribution in [3.05, 3.63) is 193 Å². The highest BCUT2D eigenvalue weighted by Crippen LogP contribution is 2.44. The summed E-state index contributed by atoms with van der Waals surface area (Å²) < 4.78 is 1.84.